The number of anilines is 1. The third-order valence-electron chi connectivity index (χ3n) is 2.78. The highest BCUT2D eigenvalue weighted by atomic mass is 16.5. The number of urea groups is 1. The maximum Gasteiger partial charge on any atom is 0.331 e. The van der Waals surface area contributed by atoms with E-state index in [1.165, 1.54) is 7.05 Å². The van der Waals surface area contributed by atoms with E-state index in [2.05, 4.69) is 5.16 Å². The van der Waals surface area contributed by atoms with Gasteiger partial charge in [-0.1, -0.05) is 19.0 Å². The molecular formula is C10H15N3O4. The number of carbonyl (C=O) groups is 1. The van der Waals surface area contributed by atoms with Gasteiger partial charge in [-0.15, -0.1) is 0 Å². The van der Waals surface area contributed by atoms with Crippen molar-refractivity contribution >= 4 is 11.9 Å². The van der Waals surface area contributed by atoms with Crippen molar-refractivity contribution in [3.8, 4) is 0 Å². The zero-order chi connectivity index (χ0) is 12.7. The van der Waals surface area contributed by atoms with Crippen molar-refractivity contribution in [2.24, 2.45) is 0 Å². The lowest BCUT2D eigenvalue weighted by Crippen LogP contribution is -2.36. The number of carbonyl (C=O) groups excluding carboxylic acids is 1. The Kier molecular flexibility index (Phi) is 2.80. The van der Waals surface area contributed by atoms with Gasteiger partial charge in [-0.2, -0.15) is 0 Å². The number of rotatable bonds is 2. The SMILES string of the molecule is CC(C)c1cc(N2C(=O)N(C)C(O)C2O)on1. The first-order valence-corrected chi connectivity index (χ1v) is 5.32. The topological polar surface area (TPSA) is 90.0 Å². The Bertz CT molecular complexity index is 431. The number of hydrogen-bond donors (Lipinski definition) is 2. The van der Waals surface area contributed by atoms with Crippen molar-refractivity contribution in [2.75, 3.05) is 11.9 Å². The van der Waals surface area contributed by atoms with Gasteiger partial charge in [0.1, 0.15) is 0 Å². The molecule has 2 heterocycles. The second-order valence-corrected chi connectivity index (χ2v) is 4.34. The van der Waals surface area contributed by atoms with E-state index < -0.39 is 18.5 Å². The molecule has 2 N–H and O–H groups in total. The molecule has 17 heavy (non-hydrogen) atoms. The molecule has 0 spiro atoms. The van der Waals surface area contributed by atoms with E-state index in [1.54, 1.807) is 6.07 Å². The number of likely N-dealkylation sites (N-methyl/N-ethyl adjacent to an activating group) is 1. The van der Waals surface area contributed by atoms with Crippen molar-refractivity contribution in [1.82, 2.24) is 10.1 Å². The lowest BCUT2D eigenvalue weighted by Gasteiger charge is -2.14. The molecule has 2 atom stereocenters. The van der Waals surface area contributed by atoms with Crippen LogP contribution in [0, 0.1) is 0 Å². The first kappa shape index (κ1) is 11.9. The zero-order valence-corrected chi connectivity index (χ0v) is 9.86. The second-order valence-electron chi connectivity index (χ2n) is 4.34. The van der Waals surface area contributed by atoms with E-state index in [4.69, 9.17) is 4.52 Å². The summed E-state index contributed by atoms with van der Waals surface area (Å²) in [5.41, 5.74) is 0.684. The number of hydrogen-bond acceptors (Lipinski definition) is 5. The van der Waals surface area contributed by atoms with Crippen LogP contribution >= 0.6 is 0 Å². The molecule has 1 saturated heterocycles. The largest absolute Gasteiger partial charge is 0.369 e. The summed E-state index contributed by atoms with van der Waals surface area (Å²) >= 11 is 0. The van der Waals surface area contributed by atoms with Gasteiger partial charge in [0.05, 0.1) is 5.69 Å². The van der Waals surface area contributed by atoms with Crippen LogP contribution in [0.2, 0.25) is 0 Å². The van der Waals surface area contributed by atoms with Crippen LogP contribution in [0.25, 0.3) is 0 Å². The number of aromatic nitrogens is 1. The summed E-state index contributed by atoms with van der Waals surface area (Å²) in [4.78, 5) is 13.8. The fraction of sp³-hybridized carbons (Fsp3) is 0.600. The third kappa shape index (κ3) is 1.77. The summed E-state index contributed by atoms with van der Waals surface area (Å²) in [5, 5.41) is 23.1. The molecule has 1 aliphatic rings. The molecule has 2 amide bonds. The number of amides is 2. The lowest BCUT2D eigenvalue weighted by atomic mass is 10.1. The monoisotopic (exact) mass is 241 g/mol. The minimum absolute atomic E-state index is 0.134. The average Bonchev–Trinajstić information content (AvgIpc) is 2.81. The Labute approximate surface area is 98.2 Å². The van der Waals surface area contributed by atoms with Crippen LogP contribution in [0.1, 0.15) is 25.5 Å². The Morgan fingerprint density at radius 2 is 2.06 bits per heavy atom. The molecule has 2 unspecified atom stereocenters. The maximum atomic E-state index is 11.7. The summed E-state index contributed by atoms with van der Waals surface area (Å²) in [5.74, 6) is 0.291. The first-order chi connectivity index (χ1) is 7.93. The number of aliphatic hydroxyl groups excluding tert-OH is 2. The van der Waals surface area contributed by atoms with Gasteiger partial charge in [0.25, 0.3) is 0 Å². The fourth-order valence-corrected chi connectivity index (χ4v) is 1.62. The van der Waals surface area contributed by atoms with Gasteiger partial charge in [-0.25, -0.2) is 9.69 Å². The van der Waals surface area contributed by atoms with E-state index in [0.29, 0.717) is 5.69 Å². The van der Waals surface area contributed by atoms with E-state index in [1.807, 2.05) is 13.8 Å². The van der Waals surface area contributed by atoms with Crippen LogP contribution in [-0.2, 0) is 0 Å². The van der Waals surface area contributed by atoms with Crippen molar-refractivity contribution in [3.05, 3.63) is 11.8 Å². The summed E-state index contributed by atoms with van der Waals surface area (Å²) in [7, 11) is 1.40. The molecular weight excluding hydrogens is 226 g/mol. The Hall–Kier alpha value is -1.60. The standard InChI is InChI=1S/C10H15N3O4/c1-5(2)6-4-7(17-11-6)13-9(15)8(14)12(3)10(13)16/h4-5,8-9,14-15H,1-3H3. The smallest absolute Gasteiger partial charge is 0.331 e. The number of nitrogens with zero attached hydrogens (tertiary/aromatic N) is 3. The van der Waals surface area contributed by atoms with Crippen LogP contribution < -0.4 is 4.90 Å². The molecule has 0 bridgehead atoms. The van der Waals surface area contributed by atoms with Crippen LogP contribution in [0.3, 0.4) is 0 Å². The average molecular weight is 241 g/mol. The van der Waals surface area contributed by atoms with Gasteiger partial charge >= 0.3 is 6.03 Å². The fourth-order valence-electron chi connectivity index (χ4n) is 1.62. The molecule has 0 saturated carbocycles. The van der Waals surface area contributed by atoms with Gasteiger partial charge < -0.3 is 14.7 Å². The minimum atomic E-state index is -1.35. The van der Waals surface area contributed by atoms with Crippen molar-refractivity contribution in [2.45, 2.75) is 32.2 Å². The lowest BCUT2D eigenvalue weighted by molar-refractivity contribution is -0.0190. The maximum absolute atomic E-state index is 11.7. The predicted octanol–water partition coefficient (Wildman–Crippen LogP) is 0.307. The predicted molar refractivity (Wildman–Crippen MR) is 58.2 cm³/mol. The van der Waals surface area contributed by atoms with Crippen molar-refractivity contribution < 1.29 is 19.5 Å². The molecule has 0 radical (unpaired) electrons. The quantitative estimate of drug-likeness (QED) is 0.777. The highest BCUT2D eigenvalue weighted by molar-refractivity contribution is 5.93. The van der Waals surface area contributed by atoms with Crippen LogP contribution in [0.5, 0.6) is 0 Å². The van der Waals surface area contributed by atoms with Crippen LogP contribution in [-0.4, -0.2) is 45.8 Å². The van der Waals surface area contributed by atoms with E-state index in [0.717, 1.165) is 9.80 Å². The summed E-state index contributed by atoms with van der Waals surface area (Å²) < 4.78 is 5.00. The van der Waals surface area contributed by atoms with Crippen molar-refractivity contribution in [3.63, 3.8) is 0 Å². The minimum Gasteiger partial charge on any atom is -0.369 e. The Balaban J connectivity index is 2.30. The highest BCUT2D eigenvalue weighted by Gasteiger charge is 2.44. The van der Waals surface area contributed by atoms with Gasteiger partial charge in [0.15, 0.2) is 12.5 Å². The first-order valence-electron chi connectivity index (χ1n) is 5.32. The number of aliphatic hydroxyl groups is 2. The van der Waals surface area contributed by atoms with Crippen LogP contribution in [0.15, 0.2) is 10.6 Å². The third-order valence-corrected chi connectivity index (χ3v) is 2.78. The molecule has 0 aliphatic carbocycles. The normalized spacial score (nSPS) is 25.2. The molecule has 1 aliphatic heterocycles. The van der Waals surface area contributed by atoms with E-state index in [-0.39, 0.29) is 11.8 Å². The molecule has 7 heteroatoms. The molecule has 2 rings (SSSR count). The molecule has 0 aromatic carbocycles. The second kappa shape index (κ2) is 4.01. The summed E-state index contributed by atoms with van der Waals surface area (Å²) in [6.45, 7) is 3.87. The van der Waals surface area contributed by atoms with E-state index in [9.17, 15) is 15.0 Å². The summed E-state index contributed by atoms with van der Waals surface area (Å²) in [6.07, 6.45) is -2.62. The zero-order valence-electron chi connectivity index (χ0n) is 9.86. The van der Waals surface area contributed by atoms with Gasteiger partial charge in [0, 0.05) is 13.1 Å². The van der Waals surface area contributed by atoms with Crippen LogP contribution in [0.4, 0.5) is 10.7 Å². The Morgan fingerprint density at radius 3 is 2.47 bits per heavy atom. The van der Waals surface area contributed by atoms with E-state index >= 15 is 0 Å². The molecule has 94 valence electrons. The highest BCUT2D eigenvalue weighted by Crippen LogP contribution is 2.28. The van der Waals surface area contributed by atoms with Gasteiger partial charge in [-0.3, -0.25) is 4.90 Å². The van der Waals surface area contributed by atoms with Gasteiger partial charge in [0.2, 0.25) is 5.88 Å². The Morgan fingerprint density at radius 1 is 1.41 bits per heavy atom. The molecule has 1 fully saturated rings. The van der Waals surface area contributed by atoms with Crippen molar-refractivity contribution in [1.29, 1.82) is 0 Å². The molecule has 7 nitrogen and oxygen atoms in total. The summed E-state index contributed by atoms with van der Waals surface area (Å²) in [6, 6.07) is 1.05. The molecule has 1 aromatic rings. The molecule has 1 aromatic heterocycles. The van der Waals surface area contributed by atoms with Gasteiger partial charge in [-0.05, 0) is 5.92 Å².